The Hall–Kier alpha value is -5.29. The van der Waals surface area contributed by atoms with Crippen molar-refractivity contribution in [1.82, 2.24) is 15.0 Å². The first-order valence-electron chi connectivity index (χ1n) is 18.6. The number of aliphatic hydroxyl groups excluding tert-OH is 1. The van der Waals surface area contributed by atoms with Crippen molar-refractivity contribution in [3.05, 3.63) is 138 Å². The number of fused-ring (bicyclic) bond motifs is 1. The molecular formula is C44H46N4O5Si. The summed E-state index contributed by atoms with van der Waals surface area (Å²) in [5.74, 6) is 1.32. The lowest BCUT2D eigenvalue weighted by Crippen LogP contribution is -2.54. The summed E-state index contributed by atoms with van der Waals surface area (Å²) in [4.78, 5) is 15.7. The molecule has 9 nitrogen and oxygen atoms in total. The van der Waals surface area contributed by atoms with Crippen molar-refractivity contribution < 1.29 is 24.1 Å². The Balaban J connectivity index is 1.12. The van der Waals surface area contributed by atoms with Crippen LogP contribution in [0.3, 0.4) is 0 Å². The predicted octanol–water partition coefficient (Wildman–Crippen LogP) is 8.02. The molecule has 0 radical (unpaired) electrons. The molecule has 276 valence electrons. The van der Waals surface area contributed by atoms with Crippen molar-refractivity contribution in [2.75, 3.05) is 25.7 Å². The summed E-state index contributed by atoms with van der Waals surface area (Å²) in [6, 6.07) is 36.5. The van der Waals surface area contributed by atoms with E-state index >= 15 is 0 Å². The van der Waals surface area contributed by atoms with E-state index in [0.29, 0.717) is 12.1 Å². The Morgan fingerprint density at radius 1 is 0.926 bits per heavy atom. The predicted molar refractivity (Wildman–Crippen MR) is 214 cm³/mol. The number of aromatic nitrogens is 3. The highest BCUT2D eigenvalue weighted by molar-refractivity contribution is 6.91. The van der Waals surface area contributed by atoms with Gasteiger partial charge in [0.25, 0.3) is 5.91 Å². The quantitative estimate of drug-likeness (QED) is 0.127. The second kappa shape index (κ2) is 14.5. The van der Waals surface area contributed by atoms with E-state index < -0.39 is 8.07 Å². The van der Waals surface area contributed by atoms with E-state index in [0.717, 1.165) is 56.9 Å². The lowest BCUT2D eigenvalue weighted by molar-refractivity contribution is -0.0233. The number of rotatable bonds is 12. The minimum atomic E-state index is -2.26. The zero-order valence-corrected chi connectivity index (χ0v) is 32.3. The number of carbonyl (C=O) groups excluding carboxylic acids is 1. The molecule has 1 amide bonds. The van der Waals surface area contributed by atoms with Gasteiger partial charge in [0.2, 0.25) is 0 Å². The molecule has 5 atom stereocenters. The molecule has 2 unspecified atom stereocenters. The van der Waals surface area contributed by atoms with Gasteiger partial charge in [0, 0.05) is 42.4 Å². The molecule has 6 aromatic rings. The van der Waals surface area contributed by atoms with Gasteiger partial charge in [0.15, 0.2) is 0 Å². The van der Waals surface area contributed by atoms with E-state index in [-0.39, 0.29) is 42.1 Å². The summed E-state index contributed by atoms with van der Waals surface area (Å²) in [6.45, 7) is 7.63. The number of nitrogens with zero attached hydrogens (tertiary/aromatic N) is 4. The monoisotopic (exact) mass is 738 g/mol. The van der Waals surface area contributed by atoms with Crippen LogP contribution in [-0.4, -0.2) is 61.0 Å². The first kappa shape index (κ1) is 35.7. The number of carbonyl (C=O) groups is 1. The molecule has 0 aliphatic carbocycles. The van der Waals surface area contributed by atoms with Crippen LogP contribution in [0.4, 0.5) is 11.4 Å². The summed E-state index contributed by atoms with van der Waals surface area (Å²) in [5.41, 5.74) is 5.24. The van der Waals surface area contributed by atoms with Gasteiger partial charge in [-0.05, 0) is 65.4 Å². The largest absolute Gasteiger partial charge is 0.497 e. The van der Waals surface area contributed by atoms with Gasteiger partial charge in [0.05, 0.1) is 50.8 Å². The van der Waals surface area contributed by atoms with Gasteiger partial charge in [-0.15, -0.1) is 5.10 Å². The van der Waals surface area contributed by atoms with Crippen LogP contribution < -0.4 is 19.6 Å². The van der Waals surface area contributed by atoms with Crippen LogP contribution in [0, 0.1) is 5.92 Å². The van der Waals surface area contributed by atoms with Crippen molar-refractivity contribution >= 4 is 41.3 Å². The van der Waals surface area contributed by atoms with Crippen LogP contribution >= 0.6 is 0 Å². The van der Waals surface area contributed by atoms with Crippen molar-refractivity contribution in [3.8, 4) is 11.5 Å². The van der Waals surface area contributed by atoms with E-state index in [1.54, 1.807) is 14.2 Å². The van der Waals surface area contributed by atoms with Gasteiger partial charge in [0.1, 0.15) is 17.6 Å². The Bertz CT molecular complexity index is 2290. The maximum absolute atomic E-state index is 13.8. The minimum absolute atomic E-state index is 0.00848. The van der Waals surface area contributed by atoms with E-state index in [9.17, 15) is 9.90 Å². The van der Waals surface area contributed by atoms with Crippen LogP contribution in [0.2, 0.25) is 18.6 Å². The second-order valence-electron chi connectivity index (χ2n) is 15.0. The Labute approximate surface area is 317 Å². The number of aliphatic hydroxyl groups is 1. The number of hydrogen-bond donors (Lipinski definition) is 1. The van der Waals surface area contributed by atoms with Crippen LogP contribution in [0.5, 0.6) is 11.5 Å². The average molecular weight is 739 g/mol. The fourth-order valence-electron chi connectivity index (χ4n) is 8.76. The maximum atomic E-state index is 13.8. The smallest absolute Gasteiger partial charge is 0.263 e. The topological polar surface area (TPSA) is 98.9 Å². The fourth-order valence-corrected chi connectivity index (χ4v) is 12.3. The van der Waals surface area contributed by atoms with Gasteiger partial charge in [-0.1, -0.05) is 97.1 Å². The zero-order valence-electron chi connectivity index (χ0n) is 31.3. The van der Waals surface area contributed by atoms with Crippen molar-refractivity contribution in [1.29, 1.82) is 0 Å². The van der Waals surface area contributed by atoms with Crippen LogP contribution in [-0.2, 0) is 11.3 Å². The lowest BCUT2D eigenvalue weighted by atomic mass is 9.86. The van der Waals surface area contributed by atoms with E-state index in [2.05, 4.69) is 48.5 Å². The number of hydrogen-bond acceptors (Lipinski definition) is 7. The molecule has 2 aliphatic rings. The van der Waals surface area contributed by atoms with Gasteiger partial charge >= 0.3 is 0 Å². The molecular weight excluding hydrogens is 693 g/mol. The highest BCUT2D eigenvalue weighted by atomic mass is 28.3. The summed E-state index contributed by atoms with van der Waals surface area (Å²) >= 11 is 0. The molecule has 2 aliphatic heterocycles. The molecule has 8 rings (SSSR count). The van der Waals surface area contributed by atoms with Crippen LogP contribution in [0.1, 0.15) is 52.5 Å². The van der Waals surface area contributed by atoms with Gasteiger partial charge in [-0.3, -0.25) is 14.4 Å². The number of anilines is 2. The van der Waals surface area contributed by atoms with E-state index in [1.165, 1.54) is 5.19 Å². The third-order valence-corrected chi connectivity index (χ3v) is 16.0. The molecule has 10 heteroatoms. The summed E-state index contributed by atoms with van der Waals surface area (Å²) in [5, 5.41) is 22.7. The molecule has 0 spiro atoms. The van der Waals surface area contributed by atoms with Crippen molar-refractivity contribution in [2.24, 2.45) is 5.92 Å². The average Bonchev–Trinajstić information content (AvgIpc) is 3.78. The third kappa shape index (κ3) is 6.17. The maximum Gasteiger partial charge on any atom is 0.263 e. The lowest BCUT2D eigenvalue weighted by Gasteiger charge is -2.46. The number of ether oxygens (including phenoxy) is 3. The molecule has 3 heterocycles. The molecule has 0 fully saturated rings. The van der Waals surface area contributed by atoms with E-state index in [1.807, 2.05) is 107 Å². The number of benzene rings is 5. The molecule has 5 aromatic carbocycles. The number of methoxy groups -OCH3 is 2. The first-order valence-corrected chi connectivity index (χ1v) is 21.7. The minimum Gasteiger partial charge on any atom is -0.497 e. The van der Waals surface area contributed by atoms with Gasteiger partial charge < -0.3 is 19.3 Å². The normalized spacial score (nSPS) is 19.0. The number of aryl methyl sites for hydroxylation is 1. The molecule has 1 aromatic heterocycles. The van der Waals surface area contributed by atoms with Crippen molar-refractivity contribution in [3.63, 3.8) is 0 Å². The van der Waals surface area contributed by atoms with Crippen LogP contribution in [0.25, 0.3) is 10.8 Å². The molecule has 0 bridgehead atoms. The molecule has 0 saturated carbocycles. The van der Waals surface area contributed by atoms with Crippen molar-refractivity contribution in [2.45, 2.75) is 56.7 Å². The van der Waals surface area contributed by atoms with Gasteiger partial charge in [-0.2, -0.15) is 0 Å². The van der Waals surface area contributed by atoms with Crippen LogP contribution in [0.15, 0.2) is 115 Å². The SMILES string of the molecule is COc1ccc([Si](C)(C)C(CCn2cc(C(CO)c3ccccc3)nn2)[C@H]2Oc3ccc(N4C(=O)c5cccc6cccc4c56)cc3[C@@H](OC)[C@@H]2C)cc1. The highest BCUT2D eigenvalue weighted by Crippen LogP contribution is 2.50. The fraction of sp³-hybridized carbons (Fsp3) is 0.295. The highest BCUT2D eigenvalue weighted by Gasteiger charge is 2.47. The second-order valence-corrected chi connectivity index (χ2v) is 19.8. The van der Waals surface area contributed by atoms with Gasteiger partial charge in [-0.25, -0.2) is 0 Å². The summed E-state index contributed by atoms with van der Waals surface area (Å²) in [7, 11) is 1.19. The molecule has 0 saturated heterocycles. The zero-order chi connectivity index (χ0) is 37.6. The molecule has 54 heavy (non-hydrogen) atoms. The van der Waals surface area contributed by atoms with E-state index in [4.69, 9.17) is 14.2 Å². The third-order valence-electron chi connectivity index (χ3n) is 11.8. The first-order chi connectivity index (χ1) is 26.2. The Kier molecular flexibility index (Phi) is 9.60. The Morgan fingerprint density at radius 3 is 2.41 bits per heavy atom. The summed E-state index contributed by atoms with van der Waals surface area (Å²) < 4.78 is 20.9. The standard InChI is InChI=1S/C44H46N4O5Si/c1-28-42(52-3)35-25-31(48-38-16-10-14-30-13-9-15-34(41(30)38)44(48)50)17-22-39(35)53-43(28)40(54(4,5)33-20-18-32(51-2)19-21-33)23-24-47-26-37(45-46-47)36(27-49)29-11-7-6-8-12-29/h6-22,25-26,28,36,40,42-43,49H,23-24,27H2,1-5H3/t28-,36?,40?,42-,43-/m0/s1. The summed E-state index contributed by atoms with van der Waals surface area (Å²) in [6.07, 6.45) is 2.34. The number of amides is 1. The Morgan fingerprint density at radius 2 is 1.69 bits per heavy atom. The molecule has 1 N–H and O–H groups in total.